The first-order chi connectivity index (χ1) is 9.68. The molecule has 0 spiro atoms. The highest BCUT2D eigenvalue weighted by Crippen LogP contribution is 2.33. The number of hydrogen-bond donors (Lipinski definition) is 1. The van der Waals surface area contributed by atoms with Crippen molar-refractivity contribution in [3.63, 3.8) is 0 Å². The van der Waals surface area contributed by atoms with Crippen molar-refractivity contribution in [2.45, 2.75) is 57.5 Å². The molecule has 20 heavy (non-hydrogen) atoms. The molecule has 110 valence electrons. The summed E-state index contributed by atoms with van der Waals surface area (Å²) >= 11 is 0. The van der Waals surface area contributed by atoms with Crippen molar-refractivity contribution in [2.75, 3.05) is 6.54 Å². The number of nitrogens with two attached hydrogens (primary N) is 1. The molecule has 0 radical (unpaired) electrons. The van der Waals surface area contributed by atoms with Crippen LogP contribution >= 0.6 is 0 Å². The Balaban J connectivity index is 1.86. The lowest BCUT2D eigenvalue weighted by Crippen LogP contribution is -2.43. The van der Waals surface area contributed by atoms with E-state index in [-0.39, 0.29) is 6.04 Å². The van der Waals surface area contributed by atoms with Crippen LogP contribution < -0.4 is 5.73 Å². The number of aliphatic imine (C=N–C) groups is 1. The van der Waals surface area contributed by atoms with E-state index in [9.17, 15) is 0 Å². The zero-order valence-corrected chi connectivity index (χ0v) is 12.5. The van der Waals surface area contributed by atoms with E-state index in [2.05, 4.69) is 21.9 Å². The van der Waals surface area contributed by atoms with E-state index in [4.69, 9.17) is 5.73 Å². The highest BCUT2D eigenvalue weighted by Gasteiger charge is 2.34. The fraction of sp³-hybridized carbons (Fsp3) is 0.733. The minimum absolute atomic E-state index is 0.284. The molecule has 1 unspecified atom stereocenters. The lowest BCUT2D eigenvalue weighted by molar-refractivity contribution is 0.236. The fourth-order valence-corrected chi connectivity index (χ4v) is 3.58. The van der Waals surface area contributed by atoms with Crippen LogP contribution in [0.25, 0.3) is 0 Å². The Morgan fingerprint density at radius 3 is 2.50 bits per heavy atom. The van der Waals surface area contributed by atoms with Crippen LogP contribution in [0.4, 0.5) is 0 Å². The van der Waals surface area contributed by atoms with E-state index in [1.807, 2.05) is 17.9 Å². The van der Waals surface area contributed by atoms with Gasteiger partial charge in [-0.15, -0.1) is 0 Å². The average Bonchev–Trinajstić information content (AvgIpc) is 2.85. The van der Waals surface area contributed by atoms with Crippen molar-refractivity contribution in [3.05, 3.63) is 17.5 Å². The van der Waals surface area contributed by atoms with Gasteiger partial charge >= 0.3 is 0 Å². The van der Waals surface area contributed by atoms with Gasteiger partial charge in [-0.3, -0.25) is 9.67 Å². The van der Waals surface area contributed by atoms with Crippen LogP contribution in [-0.4, -0.2) is 33.2 Å². The lowest BCUT2D eigenvalue weighted by atomic mass is 10.0. The van der Waals surface area contributed by atoms with E-state index < -0.39 is 0 Å². The summed E-state index contributed by atoms with van der Waals surface area (Å²) in [7, 11) is 1.99. The Morgan fingerprint density at radius 1 is 1.20 bits per heavy atom. The van der Waals surface area contributed by atoms with Gasteiger partial charge in [0.2, 0.25) is 0 Å². The normalized spacial score (nSPS) is 24.8. The van der Waals surface area contributed by atoms with E-state index in [0.29, 0.717) is 6.04 Å². The maximum absolute atomic E-state index is 6.19. The molecule has 1 aromatic heterocycles. The molecule has 2 N–H and O–H groups in total. The number of aromatic nitrogens is 2. The second kappa shape index (κ2) is 5.46. The molecule has 0 aromatic carbocycles. The van der Waals surface area contributed by atoms with Crippen molar-refractivity contribution in [1.29, 1.82) is 0 Å². The minimum Gasteiger partial charge on any atom is -0.370 e. The lowest BCUT2D eigenvalue weighted by Gasteiger charge is -2.34. The molecule has 1 atom stereocenters. The third-order valence-electron chi connectivity index (χ3n) is 4.88. The summed E-state index contributed by atoms with van der Waals surface area (Å²) in [6.07, 6.45) is 9.81. The molecule has 2 heterocycles. The number of nitrogens with zero attached hydrogens (tertiary/aromatic N) is 4. The predicted molar refractivity (Wildman–Crippen MR) is 80.5 cm³/mol. The number of rotatable bonds is 2. The zero-order chi connectivity index (χ0) is 14.1. The van der Waals surface area contributed by atoms with Crippen LogP contribution in [0.15, 0.2) is 11.2 Å². The SMILES string of the molecule is Cc1c(C2CN=C(N)N2C2CCCCCC2)cnn1C. The van der Waals surface area contributed by atoms with Gasteiger partial charge in [0.25, 0.3) is 0 Å². The van der Waals surface area contributed by atoms with Crippen LogP contribution in [-0.2, 0) is 7.05 Å². The molecule has 5 heteroatoms. The third kappa shape index (κ3) is 2.30. The molecule has 1 fully saturated rings. The number of aryl methyl sites for hydroxylation is 1. The summed E-state index contributed by atoms with van der Waals surface area (Å²) in [6, 6.07) is 0.833. The van der Waals surface area contributed by atoms with Gasteiger partial charge in [-0.25, -0.2) is 0 Å². The standard InChI is InChI=1S/C15H25N5/c1-11-13(9-18-19(11)2)14-10-17-15(16)20(14)12-7-5-3-4-6-8-12/h9,12,14H,3-8,10H2,1-2H3,(H2,16,17). The maximum Gasteiger partial charge on any atom is 0.192 e. The molecule has 3 rings (SSSR count). The third-order valence-corrected chi connectivity index (χ3v) is 4.88. The van der Waals surface area contributed by atoms with Crippen molar-refractivity contribution < 1.29 is 0 Å². The molecule has 5 nitrogen and oxygen atoms in total. The van der Waals surface area contributed by atoms with E-state index in [0.717, 1.165) is 12.5 Å². The van der Waals surface area contributed by atoms with Gasteiger partial charge in [0, 0.05) is 24.3 Å². The smallest absolute Gasteiger partial charge is 0.192 e. The summed E-state index contributed by atoms with van der Waals surface area (Å²) in [4.78, 5) is 6.89. The van der Waals surface area contributed by atoms with Gasteiger partial charge in [0.1, 0.15) is 0 Å². The highest BCUT2D eigenvalue weighted by atomic mass is 15.4. The summed E-state index contributed by atoms with van der Waals surface area (Å²) < 4.78 is 1.94. The minimum atomic E-state index is 0.284. The van der Waals surface area contributed by atoms with Crippen molar-refractivity contribution >= 4 is 5.96 Å². The van der Waals surface area contributed by atoms with Crippen molar-refractivity contribution in [3.8, 4) is 0 Å². The molecule has 1 aliphatic carbocycles. The topological polar surface area (TPSA) is 59.4 Å². The second-order valence-electron chi connectivity index (χ2n) is 6.08. The zero-order valence-electron chi connectivity index (χ0n) is 12.5. The number of guanidine groups is 1. The molecule has 0 saturated heterocycles. The van der Waals surface area contributed by atoms with Gasteiger partial charge < -0.3 is 10.6 Å². The fourth-order valence-electron chi connectivity index (χ4n) is 3.58. The molecule has 0 amide bonds. The Kier molecular flexibility index (Phi) is 3.68. The largest absolute Gasteiger partial charge is 0.370 e. The van der Waals surface area contributed by atoms with Crippen molar-refractivity contribution in [1.82, 2.24) is 14.7 Å². The number of hydrogen-bond acceptors (Lipinski definition) is 4. The summed E-state index contributed by atoms with van der Waals surface area (Å²) in [5.41, 5.74) is 8.69. The van der Waals surface area contributed by atoms with Gasteiger partial charge in [-0.2, -0.15) is 5.10 Å². The molecular formula is C15H25N5. The van der Waals surface area contributed by atoms with Crippen LogP contribution in [0.1, 0.15) is 55.8 Å². The first-order valence-electron chi connectivity index (χ1n) is 7.75. The van der Waals surface area contributed by atoms with Gasteiger partial charge in [-0.05, 0) is 19.8 Å². The molecular weight excluding hydrogens is 250 g/mol. The van der Waals surface area contributed by atoms with Crippen LogP contribution in [0.2, 0.25) is 0 Å². The molecule has 1 aliphatic heterocycles. The molecule has 1 aromatic rings. The summed E-state index contributed by atoms with van der Waals surface area (Å²) in [6.45, 7) is 2.90. The Hall–Kier alpha value is -1.52. The predicted octanol–water partition coefficient (Wildman–Crippen LogP) is 2.12. The maximum atomic E-state index is 6.19. The van der Waals surface area contributed by atoms with Gasteiger partial charge in [0.05, 0.1) is 18.8 Å². The molecule has 2 aliphatic rings. The summed E-state index contributed by atoms with van der Waals surface area (Å²) in [5.74, 6) is 0.727. The Labute approximate surface area is 120 Å². The highest BCUT2D eigenvalue weighted by molar-refractivity contribution is 5.80. The van der Waals surface area contributed by atoms with E-state index >= 15 is 0 Å². The average molecular weight is 275 g/mol. The Morgan fingerprint density at radius 2 is 1.90 bits per heavy atom. The van der Waals surface area contributed by atoms with Crippen LogP contribution in [0.3, 0.4) is 0 Å². The Bertz CT molecular complexity index is 496. The van der Waals surface area contributed by atoms with Gasteiger partial charge in [-0.1, -0.05) is 25.7 Å². The van der Waals surface area contributed by atoms with E-state index in [1.54, 1.807) is 0 Å². The van der Waals surface area contributed by atoms with E-state index in [1.165, 1.54) is 49.8 Å². The molecule has 0 bridgehead atoms. The van der Waals surface area contributed by atoms with Crippen LogP contribution in [0, 0.1) is 6.92 Å². The van der Waals surface area contributed by atoms with Crippen LogP contribution in [0.5, 0.6) is 0 Å². The monoisotopic (exact) mass is 275 g/mol. The molecule has 1 saturated carbocycles. The first-order valence-corrected chi connectivity index (χ1v) is 7.75. The van der Waals surface area contributed by atoms with Gasteiger partial charge in [0.15, 0.2) is 5.96 Å². The van der Waals surface area contributed by atoms with Crippen molar-refractivity contribution in [2.24, 2.45) is 17.8 Å². The second-order valence-corrected chi connectivity index (χ2v) is 6.08. The quantitative estimate of drug-likeness (QED) is 0.841. The first kappa shape index (κ1) is 13.5. The summed E-state index contributed by atoms with van der Waals surface area (Å²) in [5, 5.41) is 4.38.